The van der Waals surface area contributed by atoms with Gasteiger partial charge < -0.3 is 14.7 Å². The molecule has 0 aliphatic carbocycles. The number of para-hydroxylation sites is 1. The molecule has 1 aromatic heterocycles. The van der Waals surface area contributed by atoms with Crippen LogP contribution in [-0.4, -0.2) is 52.7 Å². The predicted octanol–water partition coefficient (Wildman–Crippen LogP) is 1.86. The van der Waals surface area contributed by atoms with Crippen LogP contribution in [0.2, 0.25) is 0 Å². The Bertz CT molecular complexity index is 759. The summed E-state index contributed by atoms with van der Waals surface area (Å²) >= 11 is 0. The van der Waals surface area contributed by atoms with E-state index >= 15 is 0 Å². The molecule has 23 heavy (non-hydrogen) atoms. The SMILES string of the molecule is Cc1ccc2cccc(C(=O)N3CCOC[C@@H]3CC(=O)O)c2n1. The van der Waals surface area contributed by atoms with Gasteiger partial charge in [-0.1, -0.05) is 18.2 Å². The van der Waals surface area contributed by atoms with Gasteiger partial charge in [-0.15, -0.1) is 0 Å². The van der Waals surface area contributed by atoms with Crippen LogP contribution in [0, 0.1) is 6.92 Å². The number of fused-ring (bicyclic) bond motifs is 1. The highest BCUT2D eigenvalue weighted by Crippen LogP contribution is 2.21. The summed E-state index contributed by atoms with van der Waals surface area (Å²) in [5.74, 6) is -1.13. The standard InChI is InChI=1S/C17H18N2O4/c1-11-5-6-12-3-2-4-14(16(12)18-11)17(22)19-7-8-23-10-13(19)9-15(20)21/h2-6,13H,7-10H2,1H3,(H,20,21)/t13-/m0/s1. The summed E-state index contributed by atoms with van der Waals surface area (Å²) < 4.78 is 5.33. The van der Waals surface area contributed by atoms with E-state index in [0.29, 0.717) is 24.2 Å². The first-order chi connectivity index (χ1) is 11.1. The van der Waals surface area contributed by atoms with Crippen molar-refractivity contribution in [3.63, 3.8) is 0 Å². The van der Waals surface area contributed by atoms with Crippen molar-refractivity contribution in [1.29, 1.82) is 0 Å². The number of carbonyl (C=O) groups excluding carboxylic acids is 1. The molecule has 2 aromatic rings. The number of aliphatic carboxylic acids is 1. The molecule has 1 aliphatic heterocycles. The van der Waals surface area contributed by atoms with Crippen molar-refractivity contribution in [2.24, 2.45) is 0 Å². The minimum Gasteiger partial charge on any atom is -0.481 e. The molecule has 1 saturated heterocycles. The van der Waals surface area contributed by atoms with Gasteiger partial charge in [-0.3, -0.25) is 14.6 Å². The number of nitrogens with zero attached hydrogens (tertiary/aromatic N) is 2. The second-order valence-corrected chi connectivity index (χ2v) is 5.66. The topological polar surface area (TPSA) is 79.7 Å². The molecule has 1 aromatic carbocycles. The fraction of sp³-hybridized carbons (Fsp3) is 0.353. The molecule has 1 aliphatic rings. The molecule has 0 bridgehead atoms. The number of rotatable bonds is 3. The summed E-state index contributed by atoms with van der Waals surface area (Å²) in [6, 6.07) is 8.85. The molecule has 3 rings (SSSR count). The lowest BCUT2D eigenvalue weighted by atomic mass is 10.1. The highest BCUT2D eigenvalue weighted by molar-refractivity contribution is 6.05. The first kappa shape index (κ1) is 15.4. The number of pyridine rings is 1. The summed E-state index contributed by atoms with van der Waals surface area (Å²) in [5, 5.41) is 9.93. The number of aryl methyl sites for hydroxylation is 1. The molecular weight excluding hydrogens is 296 g/mol. The van der Waals surface area contributed by atoms with E-state index in [2.05, 4.69) is 4.98 Å². The molecule has 0 radical (unpaired) electrons. The summed E-state index contributed by atoms with van der Waals surface area (Å²) in [4.78, 5) is 30.1. The second-order valence-electron chi connectivity index (χ2n) is 5.66. The van der Waals surface area contributed by atoms with Crippen LogP contribution in [0.4, 0.5) is 0 Å². The lowest BCUT2D eigenvalue weighted by Crippen LogP contribution is -2.49. The number of hydrogen-bond donors (Lipinski definition) is 1. The van der Waals surface area contributed by atoms with Gasteiger partial charge in [0.25, 0.3) is 5.91 Å². The summed E-state index contributed by atoms with van der Waals surface area (Å²) in [7, 11) is 0. The van der Waals surface area contributed by atoms with Crippen molar-refractivity contribution in [1.82, 2.24) is 9.88 Å². The van der Waals surface area contributed by atoms with E-state index in [1.165, 1.54) is 0 Å². The fourth-order valence-corrected chi connectivity index (χ4v) is 2.86. The van der Waals surface area contributed by atoms with Crippen molar-refractivity contribution in [3.8, 4) is 0 Å². The zero-order valence-corrected chi connectivity index (χ0v) is 12.9. The molecule has 2 heterocycles. The minimum absolute atomic E-state index is 0.122. The average Bonchev–Trinajstić information content (AvgIpc) is 2.53. The van der Waals surface area contributed by atoms with Crippen LogP contribution in [0.3, 0.4) is 0 Å². The number of aromatic nitrogens is 1. The van der Waals surface area contributed by atoms with Crippen molar-refractivity contribution in [2.45, 2.75) is 19.4 Å². The van der Waals surface area contributed by atoms with Gasteiger partial charge in [-0.25, -0.2) is 0 Å². The van der Waals surface area contributed by atoms with E-state index in [4.69, 9.17) is 9.84 Å². The molecule has 0 saturated carbocycles. The lowest BCUT2D eigenvalue weighted by molar-refractivity contribution is -0.139. The van der Waals surface area contributed by atoms with Crippen LogP contribution >= 0.6 is 0 Å². The molecule has 0 unspecified atom stereocenters. The molecule has 1 atom stereocenters. The summed E-state index contributed by atoms with van der Waals surface area (Å²) in [6.45, 7) is 2.93. The number of carboxylic acid groups (broad SMARTS) is 1. The number of carbonyl (C=O) groups is 2. The van der Waals surface area contributed by atoms with Crippen LogP contribution < -0.4 is 0 Å². The zero-order chi connectivity index (χ0) is 16.4. The van der Waals surface area contributed by atoms with Crippen LogP contribution in [0.15, 0.2) is 30.3 Å². The van der Waals surface area contributed by atoms with Gasteiger partial charge in [0.15, 0.2) is 0 Å². The normalized spacial score (nSPS) is 18.1. The Morgan fingerprint density at radius 1 is 1.35 bits per heavy atom. The third-order valence-electron chi connectivity index (χ3n) is 3.99. The third kappa shape index (κ3) is 3.17. The predicted molar refractivity (Wildman–Crippen MR) is 84.4 cm³/mol. The van der Waals surface area contributed by atoms with Crippen molar-refractivity contribution in [3.05, 3.63) is 41.6 Å². The Morgan fingerprint density at radius 2 is 2.17 bits per heavy atom. The van der Waals surface area contributed by atoms with Crippen LogP contribution in [0.5, 0.6) is 0 Å². The Kier molecular flexibility index (Phi) is 4.25. The van der Waals surface area contributed by atoms with E-state index in [1.807, 2.05) is 31.2 Å². The number of morpholine rings is 1. The van der Waals surface area contributed by atoms with Crippen LogP contribution in [-0.2, 0) is 9.53 Å². The third-order valence-corrected chi connectivity index (χ3v) is 3.99. The molecular formula is C17H18N2O4. The van der Waals surface area contributed by atoms with E-state index in [-0.39, 0.29) is 18.9 Å². The first-order valence-electron chi connectivity index (χ1n) is 7.53. The highest BCUT2D eigenvalue weighted by Gasteiger charge is 2.30. The number of carboxylic acids is 1. The maximum absolute atomic E-state index is 13.0. The fourth-order valence-electron chi connectivity index (χ4n) is 2.86. The zero-order valence-electron chi connectivity index (χ0n) is 12.9. The van der Waals surface area contributed by atoms with Gasteiger partial charge in [-0.2, -0.15) is 0 Å². The van der Waals surface area contributed by atoms with E-state index < -0.39 is 12.0 Å². The van der Waals surface area contributed by atoms with Gasteiger partial charge in [0.05, 0.1) is 36.8 Å². The van der Waals surface area contributed by atoms with Gasteiger partial charge in [0, 0.05) is 17.6 Å². The molecule has 120 valence electrons. The van der Waals surface area contributed by atoms with Crippen molar-refractivity contribution in [2.75, 3.05) is 19.8 Å². The molecule has 6 heteroatoms. The molecule has 0 spiro atoms. The largest absolute Gasteiger partial charge is 0.481 e. The smallest absolute Gasteiger partial charge is 0.305 e. The van der Waals surface area contributed by atoms with Gasteiger partial charge in [-0.05, 0) is 19.1 Å². The van der Waals surface area contributed by atoms with Crippen LogP contribution in [0.1, 0.15) is 22.5 Å². The summed E-state index contributed by atoms with van der Waals surface area (Å²) in [6.07, 6.45) is -0.122. The first-order valence-corrected chi connectivity index (χ1v) is 7.53. The lowest BCUT2D eigenvalue weighted by Gasteiger charge is -2.35. The van der Waals surface area contributed by atoms with E-state index in [1.54, 1.807) is 11.0 Å². The molecule has 1 N–H and O–H groups in total. The number of amides is 1. The Balaban J connectivity index is 1.98. The maximum atomic E-state index is 13.0. The Hall–Kier alpha value is -2.47. The second kappa shape index (κ2) is 6.34. The number of benzene rings is 1. The van der Waals surface area contributed by atoms with Gasteiger partial charge in [0.1, 0.15) is 0 Å². The monoisotopic (exact) mass is 314 g/mol. The van der Waals surface area contributed by atoms with Gasteiger partial charge >= 0.3 is 5.97 Å². The van der Waals surface area contributed by atoms with E-state index in [0.717, 1.165) is 11.1 Å². The molecule has 6 nitrogen and oxygen atoms in total. The number of hydrogen-bond acceptors (Lipinski definition) is 4. The van der Waals surface area contributed by atoms with Gasteiger partial charge in [0.2, 0.25) is 0 Å². The van der Waals surface area contributed by atoms with E-state index in [9.17, 15) is 9.59 Å². The summed E-state index contributed by atoms with van der Waals surface area (Å²) in [5.41, 5.74) is 1.99. The maximum Gasteiger partial charge on any atom is 0.305 e. The Morgan fingerprint density at radius 3 is 2.96 bits per heavy atom. The highest BCUT2D eigenvalue weighted by atomic mass is 16.5. The van der Waals surface area contributed by atoms with Crippen molar-refractivity contribution >= 4 is 22.8 Å². The average molecular weight is 314 g/mol. The molecule has 1 fully saturated rings. The Labute approximate surface area is 133 Å². The molecule has 1 amide bonds. The van der Waals surface area contributed by atoms with Crippen LogP contribution in [0.25, 0.3) is 10.9 Å². The quantitative estimate of drug-likeness (QED) is 0.935. The van der Waals surface area contributed by atoms with Crippen molar-refractivity contribution < 1.29 is 19.4 Å². The number of ether oxygens (including phenoxy) is 1. The minimum atomic E-state index is -0.940.